The Kier molecular flexibility index (Phi) is 4.56. The van der Waals surface area contributed by atoms with Crippen molar-refractivity contribution >= 4 is 29.1 Å². The number of halogens is 1. The Morgan fingerprint density at radius 3 is 2.38 bits per heavy atom. The number of anilines is 3. The molecule has 2 saturated carbocycles. The Hall–Kier alpha value is -1.81. The SMILES string of the molecule is Clc1ccc(Nc2cc(C3CC3)nc(NC3CCCCC3)n2)cc1. The normalized spacial score (nSPS) is 18.4. The predicted molar refractivity (Wildman–Crippen MR) is 99.2 cm³/mol. The molecule has 5 heteroatoms. The summed E-state index contributed by atoms with van der Waals surface area (Å²) >= 11 is 5.96. The van der Waals surface area contributed by atoms with Crippen LogP contribution in [0.3, 0.4) is 0 Å². The van der Waals surface area contributed by atoms with Crippen LogP contribution in [0, 0.1) is 0 Å². The van der Waals surface area contributed by atoms with Crippen LogP contribution >= 0.6 is 11.6 Å². The Morgan fingerprint density at radius 2 is 1.67 bits per heavy atom. The van der Waals surface area contributed by atoms with Crippen LogP contribution in [0.5, 0.6) is 0 Å². The minimum Gasteiger partial charge on any atom is -0.351 e. The van der Waals surface area contributed by atoms with Crippen LogP contribution in [-0.2, 0) is 0 Å². The highest BCUT2D eigenvalue weighted by Gasteiger charge is 2.26. The van der Waals surface area contributed by atoms with E-state index in [1.165, 1.54) is 44.9 Å². The monoisotopic (exact) mass is 342 g/mol. The Labute approximate surface area is 148 Å². The largest absolute Gasteiger partial charge is 0.351 e. The lowest BCUT2D eigenvalue weighted by molar-refractivity contribution is 0.460. The van der Waals surface area contributed by atoms with E-state index in [0.717, 1.165) is 28.2 Å². The van der Waals surface area contributed by atoms with E-state index >= 15 is 0 Å². The summed E-state index contributed by atoms with van der Waals surface area (Å²) in [5.41, 5.74) is 2.14. The highest BCUT2D eigenvalue weighted by Crippen LogP contribution is 2.40. The van der Waals surface area contributed by atoms with Crippen molar-refractivity contribution in [2.24, 2.45) is 0 Å². The number of benzene rings is 1. The van der Waals surface area contributed by atoms with Crippen LogP contribution < -0.4 is 10.6 Å². The van der Waals surface area contributed by atoms with Gasteiger partial charge in [-0.2, -0.15) is 4.98 Å². The summed E-state index contributed by atoms with van der Waals surface area (Å²) < 4.78 is 0. The van der Waals surface area contributed by atoms with Crippen molar-refractivity contribution in [3.63, 3.8) is 0 Å². The summed E-state index contributed by atoms with van der Waals surface area (Å²) in [6.45, 7) is 0. The van der Waals surface area contributed by atoms with Gasteiger partial charge >= 0.3 is 0 Å². The van der Waals surface area contributed by atoms with Crippen molar-refractivity contribution in [3.8, 4) is 0 Å². The van der Waals surface area contributed by atoms with Gasteiger partial charge in [-0.05, 0) is 49.9 Å². The predicted octanol–water partition coefficient (Wildman–Crippen LogP) is 5.50. The molecule has 0 unspecified atom stereocenters. The molecule has 0 radical (unpaired) electrons. The van der Waals surface area contributed by atoms with Crippen LogP contribution in [0.4, 0.5) is 17.5 Å². The maximum atomic E-state index is 5.96. The molecule has 1 aromatic carbocycles. The molecule has 0 aliphatic heterocycles. The maximum Gasteiger partial charge on any atom is 0.225 e. The van der Waals surface area contributed by atoms with E-state index in [9.17, 15) is 0 Å². The van der Waals surface area contributed by atoms with Crippen LogP contribution in [0.1, 0.15) is 56.6 Å². The van der Waals surface area contributed by atoms with E-state index in [2.05, 4.69) is 21.7 Å². The number of aromatic nitrogens is 2. The molecule has 126 valence electrons. The summed E-state index contributed by atoms with van der Waals surface area (Å²) in [5, 5.41) is 7.68. The number of hydrogen-bond donors (Lipinski definition) is 2. The summed E-state index contributed by atoms with van der Waals surface area (Å²) in [5.74, 6) is 2.22. The zero-order valence-electron chi connectivity index (χ0n) is 13.8. The van der Waals surface area contributed by atoms with E-state index in [1.807, 2.05) is 24.3 Å². The molecule has 0 spiro atoms. The summed E-state index contributed by atoms with van der Waals surface area (Å²) in [7, 11) is 0. The van der Waals surface area contributed by atoms with Gasteiger partial charge in [0.15, 0.2) is 0 Å². The molecule has 2 fully saturated rings. The topological polar surface area (TPSA) is 49.8 Å². The fraction of sp³-hybridized carbons (Fsp3) is 0.474. The number of nitrogens with zero attached hydrogens (tertiary/aromatic N) is 2. The van der Waals surface area contributed by atoms with Crippen LogP contribution in [0.15, 0.2) is 30.3 Å². The molecule has 1 aromatic heterocycles. The van der Waals surface area contributed by atoms with Gasteiger partial charge in [0.25, 0.3) is 0 Å². The standard InChI is InChI=1S/C19H23ClN4/c20-14-8-10-16(11-9-14)21-18-12-17(13-6-7-13)23-19(24-18)22-15-4-2-1-3-5-15/h8-13,15H,1-7H2,(H2,21,22,23,24). The third kappa shape index (κ3) is 3.99. The zero-order chi connectivity index (χ0) is 16.4. The average molecular weight is 343 g/mol. The van der Waals surface area contributed by atoms with Gasteiger partial charge in [0.2, 0.25) is 5.95 Å². The molecule has 0 amide bonds. The molecule has 2 aromatic rings. The smallest absolute Gasteiger partial charge is 0.225 e. The molecule has 0 atom stereocenters. The first kappa shape index (κ1) is 15.7. The molecule has 2 aliphatic rings. The lowest BCUT2D eigenvalue weighted by Gasteiger charge is -2.23. The molecule has 0 bridgehead atoms. The minimum atomic E-state index is 0.511. The first-order chi connectivity index (χ1) is 11.8. The van der Waals surface area contributed by atoms with Crippen LogP contribution in [-0.4, -0.2) is 16.0 Å². The van der Waals surface area contributed by atoms with E-state index in [0.29, 0.717) is 12.0 Å². The first-order valence-corrected chi connectivity index (χ1v) is 9.32. The summed E-state index contributed by atoms with van der Waals surface area (Å²) in [6.07, 6.45) is 8.87. The lowest BCUT2D eigenvalue weighted by atomic mass is 9.96. The molecule has 4 nitrogen and oxygen atoms in total. The molecule has 1 heterocycles. The third-order valence-electron chi connectivity index (χ3n) is 4.80. The third-order valence-corrected chi connectivity index (χ3v) is 5.05. The fourth-order valence-corrected chi connectivity index (χ4v) is 3.42. The van der Waals surface area contributed by atoms with Gasteiger partial charge < -0.3 is 10.6 Å². The van der Waals surface area contributed by atoms with Crippen LogP contribution in [0.25, 0.3) is 0 Å². The van der Waals surface area contributed by atoms with Gasteiger partial charge in [-0.1, -0.05) is 30.9 Å². The first-order valence-electron chi connectivity index (χ1n) is 8.94. The molecule has 2 aliphatic carbocycles. The Bertz CT molecular complexity index is 691. The highest BCUT2D eigenvalue weighted by molar-refractivity contribution is 6.30. The van der Waals surface area contributed by atoms with Crippen molar-refractivity contribution in [3.05, 3.63) is 41.0 Å². The second kappa shape index (κ2) is 6.98. The zero-order valence-corrected chi connectivity index (χ0v) is 14.5. The van der Waals surface area contributed by atoms with Gasteiger partial charge in [-0.3, -0.25) is 0 Å². The van der Waals surface area contributed by atoms with Crippen molar-refractivity contribution in [1.29, 1.82) is 0 Å². The summed E-state index contributed by atoms with van der Waals surface area (Å²) in [4.78, 5) is 9.45. The number of hydrogen-bond acceptors (Lipinski definition) is 4. The lowest BCUT2D eigenvalue weighted by Crippen LogP contribution is -2.23. The summed E-state index contributed by atoms with van der Waals surface area (Å²) in [6, 6.07) is 10.3. The molecule has 24 heavy (non-hydrogen) atoms. The van der Waals surface area contributed by atoms with Crippen molar-refractivity contribution in [2.75, 3.05) is 10.6 Å². The second-order valence-electron chi connectivity index (χ2n) is 6.89. The molecular formula is C19H23ClN4. The van der Waals surface area contributed by atoms with E-state index in [-0.39, 0.29) is 0 Å². The molecule has 2 N–H and O–H groups in total. The highest BCUT2D eigenvalue weighted by atomic mass is 35.5. The molecular weight excluding hydrogens is 320 g/mol. The van der Waals surface area contributed by atoms with Gasteiger partial charge in [0.1, 0.15) is 5.82 Å². The van der Waals surface area contributed by atoms with Crippen molar-refractivity contribution in [2.45, 2.75) is 56.9 Å². The number of nitrogens with one attached hydrogen (secondary N) is 2. The molecule has 0 saturated heterocycles. The fourth-order valence-electron chi connectivity index (χ4n) is 3.29. The van der Waals surface area contributed by atoms with Gasteiger partial charge in [0, 0.05) is 28.7 Å². The Balaban J connectivity index is 1.54. The second-order valence-corrected chi connectivity index (χ2v) is 7.32. The van der Waals surface area contributed by atoms with E-state index < -0.39 is 0 Å². The maximum absolute atomic E-state index is 5.96. The Morgan fingerprint density at radius 1 is 0.917 bits per heavy atom. The quantitative estimate of drug-likeness (QED) is 0.753. The average Bonchev–Trinajstić information content (AvgIpc) is 3.43. The van der Waals surface area contributed by atoms with Crippen LogP contribution in [0.2, 0.25) is 5.02 Å². The van der Waals surface area contributed by atoms with Gasteiger partial charge in [0.05, 0.1) is 5.69 Å². The van der Waals surface area contributed by atoms with E-state index in [4.69, 9.17) is 16.6 Å². The van der Waals surface area contributed by atoms with E-state index in [1.54, 1.807) is 0 Å². The molecule has 4 rings (SSSR count). The van der Waals surface area contributed by atoms with Crippen molar-refractivity contribution < 1.29 is 0 Å². The van der Waals surface area contributed by atoms with Gasteiger partial charge in [-0.25, -0.2) is 4.98 Å². The minimum absolute atomic E-state index is 0.511. The van der Waals surface area contributed by atoms with Gasteiger partial charge in [-0.15, -0.1) is 0 Å². The number of rotatable bonds is 5. The van der Waals surface area contributed by atoms with Crippen molar-refractivity contribution in [1.82, 2.24) is 9.97 Å².